The van der Waals surface area contributed by atoms with Crippen molar-refractivity contribution in [3.63, 3.8) is 0 Å². The molecule has 3 atom stereocenters. The number of carbonyl (C=O) groups is 3. The normalized spacial score (nSPS) is 18.6. The number of amides is 3. The number of hydrogen-bond donors (Lipinski definition) is 3. The highest BCUT2D eigenvalue weighted by atomic mass is 32.1. The Kier molecular flexibility index (Phi) is 7.88. The summed E-state index contributed by atoms with van der Waals surface area (Å²) in [5, 5.41) is 11.9. The monoisotopic (exact) mass is 414 g/mol. The Morgan fingerprint density at radius 3 is 2.68 bits per heavy atom. The smallest absolute Gasteiger partial charge is 0.278 e. The Morgan fingerprint density at radius 1 is 1.39 bits per heavy atom. The summed E-state index contributed by atoms with van der Waals surface area (Å²) < 4.78 is 14.5. The average molecular weight is 415 g/mol. The Morgan fingerprint density at radius 2 is 2.11 bits per heavy atom. The molecule has 10 heteroatoms. The molecule has 1 aliphatic rings. The highest BCUT2D eigenvalue weighted by Gasteiger charge is 2.41. The fourth-order valence-corrected chi connectivity index (χ4v) is 4.11. The first-order chi connectivity index (χ1) is 13.3. The summed E-state index contributed by atoms with van der Waals surface area (Å²) in [7, 11) is 0. The van der Waals surface area contributed by atoms with Crippen molar-refractivity contribution in [3.05, 3.63) is 10.6 Å². The minimum absolute atomic E-state index is 0.166. The van der Waals surface area contributed by atoms with E-state index in [0.717, 1.165) is 17.0 Å². The number of thiazole rings is 1. The van der Waals surface area contributed by atoms with Crippen LogP contribution in [0.2, 0.25) is 0 Å². The van der Waals surface area contributed by atoms with Gasteiger partial charge in [-0.2, -0.15) is 0 Å². The molecule has 2 rings (SSSR count). The number of anilines is 1. The van der Waals surface area contributed by atoms with E-state index in [0.29, 0.717) is 30.9 Å². The summed E-state index contributed by atoms with van der Waals surface area (Å²) in [5.74, 6) is -3.42. The zero-order valence-corrected chi connectivity index (χ0v) is 17.1. The maximum absolute atomic E-state index is 14.5. The van der Waals surface area contributed by atoms with Gasteiger partial charge in [-0.1, -0.05) is 19.8 Å². The van der Waals surface area contributed by atoms with E-state index in [9.17, 15) is 18.8 Å². The highest BCUT2D eigenvalue weighted by Crippen LogP contribution is 2.27. The van der Waals surface area contributed by atoms with Gasteiger partial charge in [-0.25, -0.2) is 14.9 Å². The quantitative estimate of drug-likeness (QED) is 0.447. The molecule has 0 saturated carbocycles. The first kappa shape index (κ1) is 22.2. The number of aromatic nitrogens is 1. The second kappa shape index (κ2) is 9.92. The van der Waals surface area contributed by atoms with Crippen LogP contribution in [0.15, 0.2) is 0 Å². The minimum Gasteiger partial charge on any atom is -0.330 e. The Balaban J connectivity index is 2.13. The Hall–Kier alpha value is -2.07. The maximum atomic E-state index is 14.5. The SMILES string of the molecule is CCCC[C@@H](C(=O)N1CCC[C@H]1C(=O)Nc1nc(C)c(C)s1)[C@@H](F)C(=O)NO. The lowest BCUT2D eigenvalue weighted by Gasteiger charge is -2.29. The standard InChI is InChI=1S/C18H27FN4O4S/c1-4-5-7-12(14(19)16(25)22-27)17(26)23-9-6-8-13(23)15(24)21-18-20-10(2)11(3)28-18/h12-14,27H,4-9H2,1-3H3,(H,22,25)(H,20,21,24)/t12-,13+,14-/m1/s1. The Labute approximate surface area is 167 Å². The van der Waals surface area contributed by atoms with Crippen molar-refractivity contribution in [1.82, 2.24) is 15.4 Å². The summed E-state index contributed by atoms with van der Waals surface area (Å²) in [6, 6.07) is -0.731. The van der Waals surface area contributed by atoms with Crippen LogP contribution in [0.25, 0.3) is 0 Å². The van der Waals surface area contributed by atoms with Crippen molar-refractivity contribution in [2.24, 2.45) is 5.92 Å². The molecule has 0 aromatic carbocycles. The van der Waals surface area contributed by atoms with E-state index >= 15 is 0 Å². The second-order valence-corrected chi connectivity index (χ2v) is 8.17. The second-order valence-electron chi connectivity index (χ2n) is 6.97. The predicted molar refractivity (Wildman–Crippen MR) is 103 cm³/mol. The summed E-state index contributed by atoms with van der Waals surface area (Å²) in [4.78, 5) is 43.8. The molecule has 1 saturated heterocycles. The number of carbonyl (C=O) groups excluding carboxylic acids is 3. The molecule has 1 aromatic rings. The van der Waals surface area contributed by atoms with Crippen molar-refractivity contribution >= 4 is 34.2 Å². The summed E-state index contributed by atoms with van der Waals surface area (Å²) in [6.07, 6.45) is 0.354. The van der Waals surface area contributed by atoms with Crippen LogP contribution in [0.5, 0.6) is 0 Å². The largest absolute Gasteiger partial charge is 0.330 e. The van der Waals surface area contributed by atoms with Crippen LogP contribution >= 0.6 is 11.3 Å². The zero-order chi connectivity index (χ0) is 20.8. The van der Waals surface area contributed by atoms with Crippen LogP contribution in [0.1, 0.15) is 49.6 Å². The number of halogens is 1. The number of hydroxylamine groups is 1. The van der Waals surface area contributed by atoms with E-state index in [1.165, 1.54) is 21.7 Å². The van der Waals surface area contributed by atoms with Crippen LogP contribution in [-0.2, 0) is 14.4 Å². The highest BCUT2D eigenvalue weighted by molar-refractivity contribution is 7.15. The third-order valence-electron chi connectivity index (χ3n) is 5.00. The van der Waals surface area contributed by atoms with Gasteiger partial charge >= 0.3 is 0 Å². The van der Waals surface area contributed by atoms with Gasteiger partial charge in [-0.15, -0.1) is 11.3 Å². The molecule has 0 aliphatic carbocycles. The van der Waals surface area contributed by atoms with Gasteiger partial charge in [0.2, 0.25) is 11.8 Å². The van der Waals surface area contributed by atoms with Crippen molar-refractivity contribution < 1.29 is 24.0 Å². The van der Waals surface area contributed by atoms with Crippen molar-refractivity contribution in [3.8, 4) is 0 Å². The molecule has 3 amide bonds. The molecule has 3 N–H and O–H groups in total. The molecule has 0 radical (unpaired) electrons. The first-order valence-corrected chi connectivity index (χ1v) is 10.2. The third kappa shape index (κ3) is 5.05. The molecule has 28 heavy (non-hydrogen) atoms. The lowest BCUT2D eigenvalue weighted by atomic mass is 9.94. The number of unbranched alkanes of at least 4 members (excludes halogenated alkanes) is 1. The molecule has 2 heterocycles. The molecular weight excluding hydrogens is 387 g/mol. The lowest BCUT2D eigenvalue weighted by Crippen LogP contribution is -2.49. The fourth-order valence-electron chi connectivity index (χ4n) is 3.29. The molecule has 0 unspecified atom stereocenters. The first-order valence-electron chi connectivity index (χ1n) is 9.43. The number of nitrogens with zero attached hydrogens (tertiary/aromatic N) is 2. The van der Waals surface area contributed by atoms with E-state index in [-0.39, 0.29) is 12.3 Å². The predicted octanol–water partition coefficient (Wildman–Crippen LogP) is 2.34. The molecule has 156 valence electrons. The number of likely N-dealkylation sites (tertiary alicyclic amines) is 1. The average Bonchev–Trinajstić information content (AvgIpc) is 3.27. The van der Waals surface area contributed by atoms with E-state index in [1.807, 2.05) is 20.8 Å². The number of alkyl halides is 1. The molecule has 0 spiro atoms. The summed E-state index contributed by atoms with van der Waals surface area (Å²) in [5.41, 5.74) is 2.10. The summed E-state index contributed by atoms with van der Waals surface area (Å²) in [6.45, 7) is 5.96. The van der Waals surface area contributed by atoms with Gasteiger partial charge in [0.1, 0.15) is 6.04 Å². The van der Waals surface area contributed by atoms with Crippen LogP contribution in [-0.4, -0.2) is 51.6 Å². The van der Waals surface area contributed by atoms with Gasteiger partial charge in [-0.3, -0.25) is 19.6 Å². The van der Waals surface area contributed by atoms with E-state index < -0.39 is 29.9 Å². The van der Waals surface area contributed by atoms with Crippen molar-refractivity contribution in [1.29, 1.82) is 0 Å². The van der Waals surface area contributed by atoms with Crippen molar-refractivity contribution in [2.45, 2.75) is 65.1 Å². The molecule has 1 aromatic heterocycles. The molecule has 1 aliphatic heterocycles. The van der Waals surface area contributed by atoms with Gasteiger partial charge < -0.3 is 10.2 Å². The van der Waals surface area contributed by atoms with Crippen LogP contribution in [0.4, 0.5) is 9.52 Å². The van der Waals surface area contributed by atoms with Crippen LogP contribution in [0, 0.1) is 19.8 Å². The molecule has 8 nitrogen and oxygen atoms in total. The number of rotatable bonds is 8. The number of nitrogens with one attached hydrogen (secondary N) is 2. The van der Waals surface area contributed by atoms with Gasteiger partial charge in [0.05, 0.1) is 11.6 Å². The van der Waals surface area contributed by atoms with Gasteiger partial charge in [0.25, 0.3) is 5.91 Å². The van der Waals surface area contributed by atoms with Gasteiger partial charge in [0, 0.05) is 11.4 Å². The molecule has 0 bridgehead atoms. The maximum Gasteiger partial charge on any atom is 0.278 e. The number of aryl methyl sites for hydroxylation is 2. The van der Waals surface area contributed by atoms with Gasteiger partial charge in [0.15, 0.2) is 11.3 Å². The minimum atomic E-state index is -2.17. The zero-order valence-electron chi connectivity index (χ0n) is 16.3. The fraction of sp³-hybridized carbons (Fsp3) is 0.667. The van der Waals surface area contributed by atoms with Crippen molar-refractivity contribution in [2.75, 3.05) is 11.9 Å². The third-order valence-corrected chi connectivity index (χ3v) is 5.99. The molecular formula is C18H27FN4O4S. The molecule has 1 fully saturated rings. The van der Waals surface area contributed by atoms with Crippen LogP contribution < -0.4 is 10.8 Å². The Bertz CT molecular complexity index is 707. The topological polar surface area (TPSA) is 112 Å². The number of hydrogen-bond acceptors (Lipinski definition) is 6. The van der Waals surface area contributed by atoms with Crippen LogP contribution in [0.3, 0.4) is 0 Å². The lowest BCUT2D eigenvalue weighted by molar-refractivity contribution is -0.148. The summed E-state index contributed by atoms with van der Waals surface area (Å²) >= 11 is 1.35. The van der Waals surface area contributed by atoms with E-state index in [2.05, 4.69) is 10.3 Å². The van der Waals surface area contributed by atoms with E-state index in [1.54, 1.807) is 0 Å². The van der Waals surface area contributed by atoms with E-state index in [4.69, 9.17) is 5.21 Å². The van der Waals surface area contributed by atoms with Gasteiger partial charge in [-0.05, 0) is 33.1 Å².